The molecule has 0 aliphatic rings. The minimum Gasteiger partial charge on any atom is -0.398 e. The zero-order chi connectivity index (χ0) is 10.1. The van der Waals surface area contributed by atoms with Gasteiger partial charge >= 0.3 is 0 Å². The van der Waals surface area contributed by atoms with E-state index in [1.54, 1.807) is 17.5 Å². The van der Waals surface area contributed by atoms with Gasteiger partial charge in [0.25, 0.3) is 0 Å². The van der Waals surface area contributed by atoms with E-state index in [0.717, 1.165) is 10.1 Å². The first-order valence-corrected chi connectivity index (χ1v) is 4.75. The topological polar surface area (TPSA) is 73.6 Å². The van der Waals surface area contributed by atoms with E-state index in [1.807, 2.05) is 6.07 Å². The first-order chi connectivity index (χ1) is 6.76. The van der Waals surface area contributed by atoms with E-state index in [2.05, 4.69) is 6.07 Å². The molecule has 14 heavy (non-hydrogen) atoms. The Kier molecular flexibility index (Phi) is 1.85. The third kappa shape index (κ3) is 1.10. The lowest BCUT2D eigenvalue weighted by atomic mass is 10.1. The summed E-state index contributed by atoms with van der Waals surface area (Å²) in [5, 5.41) is 20.0. The van der Waals surface area contributed by atoms with Crippen molar-refractivity contribution in [2.45, 2.75) is 0 Å². The van der Waals surface area contributed by atoms with Crippen LogP contribution >= 0.6 is 11.3 Å². The van der Waals surface area contributed by atoms with Gasteiger partial charge in [0.2, 0.25) is 0 Å². The first kappa shape index (κ1) is 8.55. The van der Waals surface area contributed by atoms with Crippen molar-refractivity contribution < 1.29 is 0 Å². The quantitative estimate of drug-likeness (QED) is 0.661. The monoisotopic (exact) mass is 199 g/mol. The van der Waals surface area contributed by atoms with Crippen LogP contribution in [0.3, 0.4) is 0 Å². The van der Waals surface area contributed by atoms with Gasteiger partial charge in [-0.3, -0.25) is 0 Å². The Morgan fingerprint density at radius 3 is 2.64 bits per heavy atom. The Hall–Kier alpha value is -2.04. The molecule has 2 N–H and O–H groups in total. The standard InChI is InChI=1S/C10H5N3S/c11-3-6-1-8(13)10-7(4-12)5-14-9(10)2-6/h1-2,5H,13H2. The number of hydrogen-bond acceptors (Lipinski definition) is 4. The summed E-state index contributed by atoms with van der Waals surface area (Å²) in [6.45, 7) is 0. The van der Waals surface area contributed by atoms with Crippen LogP contribution < -0.4 is 5.73 Å². The van der Waals surface area contributed by atoms with Crippen LogP contribution in [0.2, 0.25) is 0 Å². The molecule has 0 atom stereocenters. The molecule has 1 heterocycles. The van der Waals surface area contributed by atoms with Crippen LogP contribution in [0, 0.1) is 22.7 Å². The molecule has 0 aliphatic heterocycles. The van der Waals surface area contributed by atoms with E-state index in [-0.39, 0.29) is 0 Å². The molecule has 1 aromatic carbocycles. The highest BCUT2D eigenvalue weighted by molar-refractivity contribution is 7.17. The number of thiophene rings is 1. The van der Waals surface area contributed by atoms with Gasteiger partial charge in [0, 0.05) is 21.2 Å². The molecule has 0 fully saturated rings. The van der Waals surface area contributed by atoms with Crippen molar-refractivity contribution >= 4 is 27.1 Å². The van der Waals surface area contributed by atoms with E-state index in [1.165, 1.54) is 11.3 Å². The number of hydrogen-bond donors (Lipinski definition) is 1. The summed E-state index contributed by atoms with van der Waals surface area (Å²) in [7, 11) is 0. The summed E-state index contributed by atoms with van der Waals surface area (Å²) < 4.78 is 0.887. The first-order valence-electron chi connectivity index (χ1n) is 3.87. The van der Waals surface area contributed by atoms with Crippen LogP contribution in [0.25, 0.3) is 10.1 Å². The summed E-state index contributed by atoms with van der Waals surface area (Å²) >= 11 is 1.43. The van der Waals surface area contributed by atoms with Crippen LogP contribution in [0.1, 0.15) is 11.1 Å². The van der Waals surface area contributed by atoms with E-state index in [9.17, 15) is 0 Å². The minimum atomic E-state index is 0.497. The number of nitrogens with two attached hydrogens (primary N) is 1. The number of nitrogens with zero attached hydrogens (tertiary/aromatic N) is 2. The van der Waals surface area contributed by atoms with Crippen molar-refractivity contribution in [1.82, 2.24) is 0 Å². The smallest absolute Gasteiger partial charge is 0.101 e. The van der Waals surface area contributed by atoms with Crippen molar-refractivity contribution in [2.75, 3.05) is 5.73 Å². The summed E-state index contributed by atoms with van der Waals surface area (Å²) in [6.07, 6.45) is 0. The van der Waals surface area contributed by atoms with Crippen molar-refractivity contribution in [3.63, 3.8) is 0 Å². The fourth-order valence-corrected chi connectivity index (χ4v) is 2.30. The second-order valence-corrected chi connectivity index (χ2v) is 3.72. The Morgan fingerprint density at radius 2 is 2.00 bits per heavy atom. The highest BCUT2D eigenvalue weighted by atomic mass is 32.1. The molecule has 0 unspecified atom stereocenters. The normalized spacial score (nSPS) is 9.57. The summed E-state index contributed by atoms with van der Waals surface area (Å²) in [5.41, 5.74) is 7.36. The lowest BCUT2D eigenvalue weighted by Crippen LogP contribution is -1.88. The maximum absolute atomic E-state index is 8.81. The molecule has 3 nitrogen and oxygen atoms in total. The average molecular weight is 199 g/mol. The molecular formula is C10H5N3S. The van der Waals surface area contributed by atoms with E-state index in [4.69, 9.17) is 16.3 Å². The molecule has 0 amide bonds. The zero-order valence-corrected chi connectivity index (χ0v) is 7.93. The third-order valence-corrected chi connectivity index (χ3v) is 2.88. The van der Waals surface area contributed by atoms with Crippen molar-refractivity contribution in [2.24, 2.45) is 0 Å². The van der Waals surface area contributed by atoms with Crippen molar-refractivity contribution in [3.8, 4) is 12.1 Å². The molecule has 1 aromatic heterocycles. The highest BCUT2D eigenvalue weighted by Crippen LogP contribution is 2.31. The summed E-state index contributed by atoms with van der Waals surface area (Å²) in [6, 6.07) is 7.45. The van der Waals surface area contributed by atoms with Crippen LogP contribution in [-0.4, -0.2) is 0 Å². The molecule has 0 spiro atoms. The van der Waals surface area contributed by atoms with Gasteiger partial charge in [0.05, 0.1) is 17.2 Å². The Balaban J connectivity index is 2.89. The van der Waals surface area contributed by atoms with Gasteiger partial charge in [-0.1, -0.05) is 0 Å². The molecule has 66 valence electrons. The molecule has 2 rings (SSSR count). The Morgan fingerprint density at radius 1 is 1.21 bits per heavy atom. The fraction of sp³-hybridized carbons (Fsp3) is 0. The number of rotatable bonds is 0. The summed E-state index contributed by atoms with van der Waals surface area (Å²) in [5.74, 6) is 0. The molecular weight excluding hydrogens is 194 g/mol. The second kappa shape index (κ2) is 3.02. The second-order valence-electron chi connectivity index (χ2n) is 2.81. The molecule has 0 saturated carbocycles. The number of fused-ring (bicyclic) bond motifs is 1. The number of anilines is 1. The van der Waals surface area contributed by atoms with Crippen LogP contribution in [0.5, 0.6) is 0 Å². The van der Waals surface area contributed by atoms with Gasteiger partial charge in [-0.2, -0.15) is 10.5 Å². The average Bonchev–Trinajstić information content (AvgIpc) is 2.61. The third-order valence-electron chi connectivity index (χ3n) is 1.96. The van der Waals surface area contributed by atoms with Crippen LogP contribution in [0.4, 0.5) is 5.69 Å². The molecule has 0 saturated heterocycles. The maximum Gasteiger partial charge on any atom is 0.101 e. The van der Waals surface area contributed by atoms with E-state index >= 15 is 0 Å². The molecule has 2 aromatic rings. The Bertz CT molecular complexity index is 584. The lowest BCUT2D eigenvalue weighted by Gasteiger charge is -1.97. The van der Waals surface area contributed by atoms with Gasteiger partial charge in [-0.05, 0) is 12.1 Å². The van der Waals surface area contributed by atoms with Gasteiger partial charge in [-0.25, -0.2) is 0 Å². The van der Waals surface area contributed by atoms with Gasteiger partial charge < -0.3 is 5.73 Å². The number of nitriles is 2. The minimum absolute atomic E-state index is 0.497. The highest BCUT2D eigenvalue weighted by Gasteiger charge is 2.08. The molecule has 4 heteroatoms. The van der Waals surface area contributed by atoms with Gasteiger partial charge in [0.1, 0.15) is 6.07 Å². The predicted molar refractivity (Wildman–Crippen MR) is 55.7 cm³/mol. The lowest BCUT2D eigenvalue weighted by molar-refractivity contribution is 1.50. The molecule has 0 bridgehead atoms. The Labute approximate surface area is 84.6 Å². The van der Waals surface area contributed by atoms with Crippen LogP contribution in [-0.2, 0) is 0 Å². The van der Waals surface area contributed by atoms with E-state index in [0.29, 0.717) is 16.8 Å². The van der Waals surface area contributed by atoms with Crippen molar-refractivity contribution in [3.05, 3.63) is 28.6 Å². The number of nitrogen functional groups attached to an aromatic ring is 1. The fourth-order valence-electron chi connectivity index (χ4n) is 1.35. The SMILES string of the molecule is N#Cc1cc(N)c2c(C#N)csc2c1. The van der Waals surface area contributed by atoms with Gasteiger partial charge in [0.15, 0.2) is 0 Å². The predicted octanol–water partition coefficient (Wildman–Crippen LogP) is 2.23. The summed E-state index contributed by atoms with van der Waals surface area (Å²) in [4.78, 5) is 0. The van der Waals surface area contributed by atoms with Gasteiger partial charge in [-0.15, -0.1) is 11.3 Å². The zero-order valence-electron chi connectivity index (χ0n) is 7.11. The van der Waals surface area contributed by atoms with Crippen LogP contribution in [0.15, 0.2) is 17.5 Å². The number of benzene rings is 1. The largest absolute Gasteiger partial charge is 0.398 e. The van der Waals surface area contributed by atoms with Crippen molar-refractivity contribution in [1.29, 1.82) is 10.5 Å². The molecule has 0 aliphatic carbocycles. The molecule has 0 radical (unpaired) electrons. The van der Waals surface area contributed by atoms with E-state index < -0.39 is 0 Å². The maximum atomic E-state index is 8.81.